The van der Waals surface area contributed by atoms with Crippen LogP contribution in [0.15, 0.2) is 17.0 Å². The van der Waals surface area contributed by atoms with Gasteiger partial charge in [0.1, 0.15) is 0 Å². The minimum absolute atomic E-state index is 0.0932. The van der Waals surface area contributed by atoms with Gasteiger partial charge in [-0.2, -0.15) is 0 Å². The van der Waals surface area contributed by atoms with Crippen LogP contribution in [0.1, 0.15) is 37.5 Å². The number of hydrogen-bond donors (Lipinski definition) is 1. The minimum atomic E-state index is -3.63. The predicted molar refractivity (Wildman–Crippen MR) is 112 cm³/mol. The summed E-state index contributed by atoms with van der Waals surface area (Å²) >= 11 is 0. The Labute approximate surface area is 170 Å². The highest BCUT2D eigenvalue weighted by Gasteiger charge is 2.37. The highest BCUT2D eigenvalue weighted by Crippen LogP contribution is 2.29. The monoisotopic (exact) mass is 409 g/mol. The quantitative estimate of drug-likeness (QED) is 0.823. The lowest BCUT2D eigenvalue weighted by Gasteiger charge is -2.38. The van der Waals surface area contributed by atoms with Gasteiger partial charge < -0.3 is 9.64 Å². The van der Waals surface area contributed by atoms with Crippen LogP contribution in [0, 0.1) is 13.8 Å². The summed E-state index contributed by atoms with van der Waals surface area (Å²) in [6, 6.07) is 3.81. The predicted octanol–water partition coefficient (Wildman–Crippen LogP) is 1.89. The summed E-state index contributed by atoms with van der Waals surface area (Å²) < 4.78 is 35.3. The smallest absolute Gasteiger partial charge is 0.241 e. The van der Waals surface area contributed by atoms with Gasteiger partial charge in [0.25, 0.3) is 0 Å². The number of benzene rings is 1. The number of rotatable bonds is 4. The van der Waals surface area contributed by atoms with Crippen LogP contribution in [0.5, 0.6) is 0 Å². The van der Waals surface area contributed by atoms with Crippen molar-refractivity contribution in [2.24, 2.45) is 0 Å². The summed E-state index contributed by atoms with van der Waals surface area (Å²) in [7, 11) is -1.51. The molecule has 7 heteroatoms. The second kappa shape index (κ2) is 8.03. The van der Waals surface area contributed by atoms with E-state index in [1.54, 1.807) is 0 Å². The first-order chi connectivity index (χ1) is 13.0. The fourth-order valence-electron chi connectivity index (χ4n) is 3.97. The Kier molecular flexibility index (Phi) is 6.23. The van der Waals surface area contributed by atoms with Crippen molar-refractivity contribution in [3.8, 4) is 0 Å². The number of ether oxygens (including phenoxy) is 1. The van der Waals surface area contributed by atoms with Crippen LogP contribution in [-0.4, -0.2) is 76.7 Å². The molecule has 1 N–H and O–H groups in total. The van der Waals surface area contributed by atoms with Crippen LogP contribution >= 0.6 is 0 Å². The summed E-state index contributed by atoms with van der Waals surface area (Å²) in [5.74, 6) is 0. The van der Waals surface area contributed by atoms with Gasteiger partial charge in [0.05, 0.1) is 30.2 Å². The molecule has 28 heavy (non-hydrogen) atoms. The van der Waals surface area contributed by atoms with E-state index in [1.165, 1.54) is 0 Å². The van der Waals surface area contributed by atoms with Gasteiger partial charge in [-0.1, -0.05) is 26.8 Å². The van der Waals surface area contributed by atoms with E-state index in [-0.39, 0.29) is 17.5 Å². The summed E-state index contributed by atoms with van der Waals surface area (Å²) in [6.45, 7) is 15.1. The van der Waals surface area contributed by atoms with Crippen LogP contribution in [-0.2, 0) is 20.2 Å². The Balaban J connectivity index is 1.84. The molecule has 1 aromatic carbocycles. The van der Waals surface area contributed by atoms with Crippen LogP contribution in [0.3, 0.4) is 0 Å². The van der Waals surface area contributed by atoms with Crippen molar-refractivity contribution in [3.05, 3.63) is 28.8 Å². The number of aryl methyl sites for hydroxylation is 1. The molecule has 0 bridgehead atoms. The minimum Gasteiger partial charge on any atom is -0.378 e. The lowest BCUT2D eigenvalue weighted by molar-refractivity contribution is 0.0930. The molecule has 0 unspecified atom stereocenters. The van der Waals surface area contributed by atoms with E-state index >= 15 is 0 Å². The van der Waals surface area contributed by atoms with Crippen molar-refractivity contribution in [2.45, 2.75) is 57.0 Å². The normalized spacial score (nSPS) is 25.4. The van der Waals surface area contributed by atoms with E-state index < -0.39 is 10.0 Å². The van der Waals surface area contributed by atoms with E-state index in [9.17, 15) is 8.42 Å². The Hall–Kier alpha value is -0.990. The topological polar surface area (TPSA) is 61.9 Å². The first kappa shape index (κ1) is 21.7. The summed E-state index contributed by atoms with van der Waals surface area (Å²) in [5, 5.41) is 0. The maximum Gasteiger partial charge on any atom is 0.241 e. The number of nitrogens with zero attached hydrogens (tertiary/aromatic N) is 2. The van der Waals surface area contributed by atoms with E-state index in [0.29, 0.717) is 18.1 Å². The van der Waals surface area contributed by atoms with Gasteiger partial charge in [0.15, 0.2) is 0 Å². The van der Waals surface area contributed by atoms with Crippen LogP contribution in [0.2, 0.25) is 0 Å². The Morgan fingerprint density at radius 3 is 2.32 bits per heavy atom. The van der Waals surface area contributed by atoms with Crippen molar-refractivity contribution in [1.29, 1.82) is 0 Å². The molecule has 2 aliphatic rings. The standard InChI is InChI=1S/C21H35N3O3S/c1-15-11-17(21(3,4)5)12-20(16(15)2)28(25,26)22-18-13-27-14-19(18)24-9-7-23(6)8-10-24/h11-12,18-19,22H,7-10,13-14H2,1-6H3/t18-,19-/m0/s1. The fourth-order valence-corrected chi connectivity index (χ4v) is 5.57. The van der Waals surface area contributed by atoms with E-state index in [4.69, 9.17) is 4.74 Å². The Morgan fingerprint density at radius 1 is 1.07 bits per heavy atom. The number of hydrogen-bond acceptors (Lipinski definition) is 5. The molecule has 158 valence electrons. The third-order valence-corrected chi connectivity index (χ3v) is 7.76. The van der Waals surface area contributed by atoms with Gasteiger partial charge in [0.2, 0.25) is 10.0 Å². The van der Waals surface area contributed by atoms with Gasteiger partial charge in [-0.05, 0) is 49.1 Å². The van der Waals surface area contributed by atoms with Crippen molar-refractivity contribution in [3.63, 3.8) is 0 Å². The van der Waals surface area contributed by atoms with Gasteiger partial charge >= 0.3 is 0 Å². The third kappa shape index (κ3) is 4.60. The van der Waals surface area contributed by atoms with Gasteiger partial charge in [-0.25, -0.2) is 13.1 Å². The molecule has 3 rings (SSSR count). The SMILES string of the molecule is Cc1cc(C(C)(C)C)cc(S(=O)(=O)N[C@H]2COC[C@@H]2N2CCN(C)CC2)c1C. The van der Waals surface area contributed by atoms with Crippen molar-refractivity contribution >= 4 is 10.0 Å². The number of piperazine rings is 1. The third-order valence-electron chi connectivity index (χ3n) is 6.14. The van der Waals surface area contributed by atoms with Crippen LogP contribution in [0.25, 0.3) is 0 Å². The zero-order valence-corrected chi connectivity index (χ0v) is 18.9. The van der Waals surface area contributed by atoms with E-state index in [0.717, 1.165) is 42.9 Å². The Bertz CT molecular complexity index is 809. The molecular formula is C21H35N3O3S. The molecule has 0 saturated carbocycles. The van der Waals surface area contributed by atoms with E-state index in [2.05, 4.69) is 48.4 Å². The first-order valence-corrected chi connectivity index (χ1v) is 11.6. The van der Waals surface area contributed by atoms with Crippen molar-refractivity contribution in [1.82, 2.24) is 14.5 Å². The molecule has 2 aliphatic heterocycles. The maximum atomic E-state index is 13.3. The average Bonchev–Trinajstić information content (AvgIpc) is 3.04. The summed E-state index contributed by atoms with van der Waals surface area (Å²) in [5.41, 5.74) is 2.75. The van der Waals surface area contributed by atoms with Crippen LogP contribution in [0.4, 0.5) is 0 Å². The summed E-state index contributed by atoms with van der Waals surface area (Å²) in [6.07, 6.45) is 0. The summed E-state index contributed by atoms with van der Waals surface area (Å²) in [4.78, 5) is 5.06. The molecule has 0 aliphatic carbocycles. The number of sulfonamides is 1. The molecule has 2 saturated heterocycles. The molecule has 2 atom stereocenters. The van der Waals surface area contributed by atoms with Gasteiger partial charge in [0, 0.05) is 26.2 Å². The molecule has 2 fully saturated rings. The molecule has 1 aromatic rings. The van der Waals surface area contributed by atoms with Crippen molar-refractivity contribution in [2.75, 3.05) is 46.4 Å². The largest absolute Gasteiger partial charge is 0.378 e. The Morgan fingerprint density at radius 2 is 1.71 bits per heavy atom. The highest BCUT2D eigenvalue weighted by molar-refractivity contribution is 7.89. The van der Waals surface area contributed by atoms with Gasteiger partial charge in [-0.15, -0.1) is 0 Å². The van der Waals surface area contributed by atoms with Crippen LogP contribution < -0.4 is 4.72 Å². The lowest BCUT2D eigenvalue weighted by atomic mass is 9.85. The zero-order valence-electron chi connectivity index (χ0n) is 18.1. The number of nitrogens with one attached hydrogen (secondary N) is 1. The molecule has 0 radical (unpaired) electrons. The van der Waals surface area contributed by atoms with Gasteiger partial charge in [-0.3, -0.25) is 4.90 Å². The fraction of sp³-hybridized carbons (Fsp3) is 0.714. The number of likely N-dealkylation sites (N-methyl/N-ethyl adjacent to an activating group) is 1. The molecule has 0 aromatic heterocycles. The average molecular weight is 410 g/mol. The zero-order chi connectivity index (χ0) is 20.7. The first-order valence-electron chi connectivity index (χ1n) is 10.1. The molecule has 0 spiro atoms. The molecular weight excluding hydrogens is 374 g/mol. The second-order valence-corrected chi connectivity index (χ2v) is 11.0. The molecule has 0 amide bonds. The highest BCUT2D eigenvalue weighted by atomic mass is 32.2. The van der Waals surface area contributed by atoms with E-state index in [1.807, 2.05) is 19.9 Å². The second-order valence-electron chi connectivity index (χ2n) is 9.34. The van der Waals surface area contributed by atoms with Crippen molar-refractivity contribution < 1.29 is 13.2 Å². The maximum absolute atomic E-state index is 13.3. The lowest BCUT2D eigenvalue weighted by Crippen LogP contribution is -2.56. The molecule has 6 nitrogen and oxygen atoms in total. The molecule has 2 heterocycles.